The van der Waals surface area contributed by atoms with E-state index in [-0.39, 0.29) is 10.9 Å². The Morgan fingerprint density at radius 1 is 1.24 bits per heavy atom. The predicted octanol–water partition coefficient (Wildman–Crippen LogP) is 3.63. The number of anilines is 2. The molecule has 5 nitrogen and oxygen atoms in total. The smallest absolute Gasteiger partial charge is 0.326 e. The predicted molar refractivity (Wildman–Crippen MR) is 65.6 cm³/mol. The van der Waals surface area contributed by atoms with Crippen molar-refractivity contribution in [2.24, 2.45) is 0 Å². The molecule has 0 aliphatic heterocycles. The van der Waals surface area contributed by atoms with Gasteiger partial charge in [-0.2, -0.15) is 0 Å². The van der Waals surface area contributed by atoms with Crippen molar-refractivity contribution < 1.29 is 9.32 Å². The average Bonchev–Trinajstić information content (AvgIpc) is 2.77. The van der Waals surface area contributed by atoms with Crippen LogP contribution in [-0.2, 0) is 0 Å². The van der Waals surface area contributed by atoms with Gasteiger partial charge in [0.05, 0.1) is 21.9 Å². The van der Waals surface area contributed by atoms with Crippen LogP contribution in [0.2, 0.25) is 10.0 Å². The van der Waals surface area contributed by atoms with Gasteiger partial charge in [-0.3, -0.25) is 5.32 Å². The molecule has 0 unspecified atom stereocenters. The second kappa shape index (κ2) is 5.07. The Morgan fingerprint density at radius 2 is 2.06 bits per heavy atom. The maximum absolute atomic E-state index is 11.5. The van der Waals surface area contributed by atoms with Crippen LogP contribution in [0.3, 0.4) is 0 Å². The molecule has 1 aromatic heterocycles. The first-order valence-corrected chi connectivity index (χ1v) is 5.35. The van der Waals surface area contributed by atoms with Gasteiger partial charge in [0, 0.05) is 6.07 Å². The van der Waals surface area contributed by atoms with Crippen LogP contribution in [0.1, 0.15) is 0 Å². The summed E-state index contributed by atoms with van der Waals surface area (Å²) in [5.74, 6) is 0.237. The molecule has 17 heavy (non-hydrogen) atoms. The zero-order valence-electron chi connectivity index (χ0n) is 8.41. The van der Waals surface area contributed by atoms with Gasteiger partial charge in [-0.05, 0) is 12.1 Å². The molecule has 2 aromatic rings. The SMILES string of the molecule is O=C(Nc1ccno1)Nc1cccc(Cl)c1Cl. The maximum Gasteiger partial charge on any atom is 0.326 e. The van der Waals surface area contributed by atoms with Crippen molar-refractivity contribution in [1.29, 1.82) is 0 Å². The molecule has 0 radical (unpaired) electrons. The van der Waals surface area contributed by atoms with Crippen molar-refractivity contribution in [3.05, 3.63) is 40.5 Å². The molecule has 88 valence electrons. The number of benzene rings is 1. The number of urea groups is 1. The monoisotopic (exact) mass is 271 g/mol. The van der Waals surface area contributed by atoms with E-state index in [1.54, 1.807) is 18.2 Å². The lowest BCUT2D eigenvalue weighted by molar-refractivity contribution is 0.261. The normalized spacial score (nSPS) is 10.0. The first-order valence-electron chi connectivity index (χ1n) is 4.59. The van der Waals surface area contributed by atoms with Crippen LogP contribution in [0.5, 0.6) is 0 Å². The van der Waals surface area contributed by atoms with Crippen LogP contribution < -0.4 is 10.6 Å². The third-order valence-corrected chi connectivity index (χ3v) is 2.69. The standard InChI is InChI=1S/C10H7Cl2N3O2/c11-6-2-1-3-7(9(6)12)14-10(16)15-8-4-5-13-17-8/h1-5H,(H2,14,15,16). The van der Waals surface area contributed by atoms with Gasteiger partial charge < -0.3 is 9.84 Å². The van der Waals surface area contributed by atoms with E-state index in [2.05, 4.69) is 15.8 Å². The van der Waals surface area contributed by atoms with Gasteiger partial charge >= 0.3 is 6.03 Å². The third-order valence-electron chi connectivity index (χ3n) is 1.87. The van der Waals surface area contributed by atoms with E-state index in [1.165, 1.54) is 12.3 Å². The van der Waals surface area contributed by atoms with Crippen molar-refractivity contribution in [3.63, 3.8) is 0 Å². The van der Waals surface area contributed by atoms with Crippen molar-refractivity contribution >= 4 is 40.8 Å². The summed E-state index contributed by atoms with van der Waals surface area (Å²) >= 11 is 11.7. The van der Waals surface area contributed by atoms with E-state index in [1.807, 2.05) is 0 Å². The number of aromatic nitrogens is 1. The van der Waals surface area contributed by atoms with E-state index in [4.69, 9.17) is 27.7 Å². The van der Waals surface area contributed by atoms with Crippen LogP contribution in [0.15, 0.2) is 35.0 Å². The molecule has 1 heterocycles. The Kier molecular flexibility index (Phi) is 3.51. The van der Waals surface area contributed by atoms with E-state index in [0.29, 0.717) is 10.7 Å². The van der Waals surface area contributed by atoms with Gasteiger partial charge in [-0.15, -0.1) is 0 Å². The molecular formula is C10H7Cl2N3O2. The molecule has 7 heteroatoms. The highest BCUT2D eigenvalue weighted by molar-refractivity contribution is 6.44. The summed E-state index contributed by atoms with van der Waals surface area (Å²) in [5, 5.41) is 9.06. The van der Waals surface area contributed by atoms with Crippen LogP contribution in [0, 0.1) is 0 Å². The largest absolute Gasteiger partial charge is 0.338 e. The van der Waals surface area contributed by atoms with Gasteiger partial charge in [0.15, 0.2) is 0 Å². The zero-order valence-corrected chi connectivity index (χ0v) is 9.92. The van der Waals surface area contributed by atoms with E-state index in [9.17, 15) is 4.79 Å². The Balaban J connectivity index is 2.06. The third kappa shape index (κ3) is 2.89. The van der Waals surface area contributed by atoms with Crippen molar-refractivity contribution in [1.82, 2.24) is 5.16 Å². The maximum atomic E-state index is 11.5. The number of halogens is 2. The Bertz CT molecular complexity index is 528. The quantitative estimate of drug-likeness (QED) is 0.877. The molecule has 0 aliphatic carbocycles. The lowest BCUT2D eigenvalue weighted by Crippen LogP contribution is -2.19. The number of carbonyl (C=O) groups is 1. The summed E-state index contributed by atoms with van der Waals surface area (Å²) in [4.78, 5) is 11.5. The number of carbonyl (C=O) groups excluding carboxylic acids is 1. The summed E-state index contributed by atoms with van der Waals surface area (Å²) in [6.45, 7) is 0. The lowest BCUT2D eigenvalue weighted by atomic mass is 10.3. The highest BCUT2D eigenvalue weighted by Gasteiger charge is 2.09. The molecule has 0 aliphatic rings. The highest BCUT2D eigenvalue weighted by Crippen LogP contribution is 2.29. The zero-order chi connectivity index (χ0) is 12.3. The summed E-state index contributed by atoms with van der Waals surface area (Å²) in [6.07, 6.45) is 1.42. The number of rotatable bonds is 2. The van der Waals surface area contributed by atoms with Crippen LogP contribution in [-0.4, -0.2) is 11.2 Å². The molecular weight excluding hydrogens is 265 g/mol. The second-order valence-electron chi connectivity index (χ2n) is 3.06. The molecule has 1 aromatic carbocycles. The molecule has 2 amide bonds. The first kappa shape index (κ1) is 11.8. The van der Waals surface area contributed by atoms with Crippen LogP contribution >= 0.6 is 23.2 Å². The lowest BCUT2D eigenvalue weighted by Gasteiger charge is -2.07. The second-order valence-corrected chi connectivity index (χ2v) is 3.84. The minimum absolute atomic E-state index is 0.237. The number of hydrogen-bond donors (Lipinski definition) is 2. The number of nitrogens with zero attached hydrogens (tertiary/aromatic N) is 1. The fraction of sp³-hybridized carbons (Fsp3) is 0. The van der Waals surface area contributed by atoms with Crippen LogP contribution in [0.4, 0.5) is 16.4 Å². The van der Waals surface area contributed by atoms with Gasteiger partial charge in [0.25, 0.3) is 0 Å². The Labute approximate surface area is 107 Å². The van der Waals surface area contributed by atoms with E-state index in [0.717, 1.165) is 0 Å². The molecule has 0 fully saturated rings. The first-order chi connectivity index (χ1) is 8.16. The molecule has 0 bridgehead atoms. The molecule has 2 N–H and O–H groups in total. The summed E-state index contributed by atoms with van der Waals surface area (Å²) < 4.78 is 4.71. The Hall–Kier alpha value is -1.72. The number of hydrogen-bond acceptors (Lipinski definition) is 3. The molecule has 0 spiro atoms. The molecule has 0 atom stereocenters. The van der Waals surface area contributed by atoms with Crippen molar-refractivity contribution in [2.45, 2.75) is 0 Å². The average molecular weight is 272 g/mol. The van der Waals surface area contributed by atoms with Gasteiger partial charge in [-0.25, -0.2) is 4.79 Å². The van der Waals surface area contributed by atoms with Gasteiger partial charge in [0.1, 0.15) is 0 Å². The van der Waals surface area contributed by atoms with Crippen molar-refractivity contribution in [3.8, 4) is 0 Å². The summed E-state index contributed by atoms with van der Waals surface area (Å²) in [5.41, 5.74) is 0.413. The Morgan fingerprint density at radius 3 is 2.76 bits per heavy atom. The topological polar surface area (TPSA) is 67.2 Å². The van der Waals surface area contributed by atoms with Gasteiger partial charge in [0.2, 0.25) is 5.88 Å². The number of amides is 2. The van der Waals surface area contributed by atoms with Crippen molar-refractivity contribution in [2.75, 3.05) is 10.6 Å². The number of nitrogens with one attached hydrogen (secondary N) is 2. The van der Waals surface area contributed by atoms with E-state index >= 15 is 0 Å². The van der Waals surface area contributed by atoms with E-state index < -0.39 is 6.03 Å². The summed E-state index contributed by atoms with van der Waals surface area (Å²) in [7, 11) is 0. The fourth-order valence-electron chi connectivity index (χ4n) is 1.15. The highest BCUT2D eigenvalue weighted by atomic mass is 35.5. The molecule has 0 saturated heterocycles. The minimum atomic E-state index is -0.495. The minimum Gasteiger partial charge on any atom is -0.338 e. The molecule has 0 saturated carbocycles. The summed E-state index contributed by atoms with van der Waals surface area (Å²) in [6, 6.07) is 5.96. The fourth-order valence-corrected chi connectivity index (χ4v) is 1.49. The molecule has 2 rings (SSSR count). The van der Waals surface area contributed by atoms with Crippen LogP contribution in [0.25, 0.3) is 0 Å². The van der Waals surface area contributed by atoms with Gasteiger partial charge in [-0.1, -0.05) is 34.4 Å².